The van der Waals surface area contributed by atoms with E-state index in [2.05, 4.69) is 10.2 Å². The second-order valence-electron chi connectivity index (χ2n) is 5.21. The molecule has 0 atom stereocenters. The van der Waals surface area contributed by atoms with Gasteiger partial charge in [0, 0.05) is 32.7 Å². The third-order valence-electron chi connectivity index (χ3n) is 3.37. The molecule has 2 amide bonds. The van der Waals surface area contributed by atoms with E-state index in [9.17, 15) is 9.59 Å². The van der Waals surface area contributed by atoms with Crippen molar-refractivity contribution >= 4 is 24.2 Å². The fourth-order valence-corrected chi connectivity index (χ4v) is 2.05. The molecule has 0 spiro atoms. The first-order valence-electron chi connectivity index (χ1n) is 7.01. The molecule has 0 bridgehead atoms. The summed E-state index contributed by atoms with van der Waals surface area (Å²) in [5.41, 5.74) is 5.83. The monoisotopic (exact) mass is 306 g/mol. The van der Waals surface area contributed by atoms with E-state index in [1.807, 2.05) is 6.92 Å². The highest BCUT2D eigenvalue weighted by Gasteiger charge is 2.20. The second-order valence-corrected chi connectivity index (χ2v) is 5.21. The van der Waals surface area contributed by atoms with E-state index < -0.39 is 0 Å². The number of hydrogen-bond donors (Lipinski definition) is 2. The molecule has 0 aromatic carbocycles. The van der Waals surface area contributed by atoms with Crippen molar-refractivity contribution in [2.45, 2.75) is 32.2 Å². The van der Waals surface area contributed by atoms with Gasteiger partial charge >= 0.3 is 0 Å². The van der Waals surface area contributed by atoms with Gasteiger partial charge in [0.15, 0.2) is 0 Å². The standard InChI is InChI=1S/C13H26N4O2.ClH/c1-3-6-15-12(18)9-16(2)13(19)10-17-7-4-11(14)5-8-17;/h11H,3-10,14H2,1-2H3,(H,15,18);1H. The minimum atomic E-state index is -0.0987. The van der Waals surface area contributed by atoms with Gasteiger partial charge in [-0.1, -0.05) is 6.92 Å². The molecule has 1 aliphatic rings. The maximum absolute atomic E-state index is 12.0. The van der Waals surface area contributed by atoms with Crippen LogP contribution in [-0.2, 0) is 9.59 Å². The predicted octanol–water partition coefficient (Wildman–Crippen LogP) is -0.184. The molecule has 0 aromatic rings. The van der Waals surface area contributed by atoms with Gasteiger partial charge in [-0.25, -0.2) is 0 Å². The van der Waals surface area contributed by atoms with Gasteiger partial charge in [0.1, 0.15) is 0 Å². The normalized spacial score (nSPS) is 16.4. The van der Waals surface area contributed by atoms with E-state index in [1.54, 1.807) is 7.05 Å². The molecular weight excluding hydrogens is 280 g/mol. The van der Waals surface area contributed by atoms with Crippen LogP contribution in [0.1, 0.15) is 26.2 Å². The number of halogens is 1. The molecule has 20 heavy (non-hydrogen) atoms. The first-order chi connectivity index (χ1) is 9.02. The Morgan fingerprint density at radius 1 is 1.35 bits per heavy atom. The molecule has 1 rings (SSSR count). The number of nitrogens with two attached hydrogens (primary N) is 1. The fraction of sp³-hybridized carbons (Fsp3) is 0.846. The number of nitrogens with one attached hydrogen (secondary N) is 1. The fourth-order valence-electron chi connectivity index (χ4n) is 2.05. The molecule has 6 nitrogen and oxygen atoms in total. The van der Waals surface area contributed by atoms with Crippen molar-refractivity contribution in [2.24, 2.45) is 5.73 Å². The average molecular weight is 307 g/mol. The van der Waals surface area contributed by atoms with Crippen LogP contribution in [0.25, 0.3) is 0 Å². The average Bonchev–Trinajstić information content (AvgIpc) is 2.39. The summed E-state index contributed by atoms with van der Waals surface area (Å²) in [7, 11) is 1.67. The lowest BCUT2D eigenvalue weighted by molar-refractivity contribution is -0.135. The van der Waals surface area contributed by atoms with Crippen molar-refractivity contribution in [3.63, 3.8) is 0 Å². The van der Waals surface area contributed by atoms with Crippen LogP contribution in [0, 0.1) is 0 Å². The highest BCUT2D eigenvalue weighted by atomic mass is 35.5. The van der Waals surface area contributed by atoms with Gasteiger partial charge < -0.3 is 16.0 Å². The highest BCUT2D eigenvalue weighted by molar-refractivity contribution is 5.85. The van der Waals surface area contributed by atoms with Crippen molar-refractivity contribution in [3.05, 3.63) is 0 Å². The van der Waals surface area contributed by atoms with Crippen LogP contribution >= 0.6 is 12.4 Å². The van der Waals surface area contributed by atoms with E-state index >= 15 is 0 Å². The van der Waals surface area contributed by atoms with Crippen LogP contribution in [0.3, 0.4) is 0 Å². The molecule has 7 heteroatoms. The Labute approximate surface area is 127 Å². The molecule has 0 unspecified atom stereocenters. The Morgan fingerprint density at radius 3 is 2.50 bits per heavy atom. The molecule has 0 aromatic heterocycles. The van der Waals surface area contributed by atoms with Crippen molar-refractivity contribution < 1.29 is 9.59 Å². The van der Waals surface area contributed by atoms with Gasteiger partial charge in [0.25, 0.3) is 0 Å². The van der Waals surface area contributed by atoms with Gasteiger partial charge in [-0.2, -0.15) is 0 Å². The van der Waals surface area contributed by atoms with Gasteiger partial charge in [-0.3, -0.25) is 14.5 Å². The Morgan fingerprint density at radius 2 is 1.95 bits per heavy atom. The maximum Gasteiger partial charge on any atom is 0.239 e. The van der Waals surface area contributed by atoms with Gasteiger partial charge in [-0.05, 0) is 19.3 Å². The minimum absolute atomic E-state index is 0. The molecule has 118 valence electrons. The topological polar surface area (TPSA) is 78.7 Å². The largest absolute Gasteiger partial charge is 0.355 e. The van der Waals surface area contributed by atoms with Crippen molar-refractivity contribution in [3.8, 4) is 0 Å². The van der Waals surface area contributed by atoms with Crippen LogP contribution in [0.5, 0.6) is 0 Å². The van der Waals surface area contributed by atoms with Crippen LogP contribution in [0.15, 0.2) is 0 Å². The van der Waals surface area contributed by atoms with Crippen molar-refractivity contribution in [1.29, 1.82) is 0 Å². The summed E-state index contributed by atoms with van der Waals surface area (Å²) in [4.78, 5) is 27.1. The summed E-state index contributed by atoms with van der Waals surface area (Å²) < 4.78 is 0. The molecule has 3 N–H and O–H groups in total. The van der Waals surface area contributed by atoms with E-state index in [4.69, 9.17) is 5.73 Å². The highest BCUT2D eigenvalue weighted by Crippen LogP contribution is 2.07. The summed E-state index contributed by atoms with van der Waals surface area (Å²) >= 11 is 0. The van der Waals surface area contributed by atoms with E-state index in [-0.39, 0.29) is 36.8 Å². The third-order valence-corrected chi connectivity index (χ3v) is 3.37. The lowest BCUT2D eigenvalue weighted by Crippen LogP contribution is -2.46. The summed E-state index contributed by atoms with van der Waals surface area (Å²) in [5, 5.41) is 2.76. The molecule has 1 fully saturated rings. The number of nitrogens with zero attached hydrogens (tertiary/aromatic N) is 2. The zero-order valence-corrected chi connectivity index (χ0v) is 13.2. The summed E-state index contributed by atoms with van der Waals surface area (Å²) in [6.07, 6.45) is 2.78. The first-order valence-corrected chi connectivity index (χ1v) is 7.01. The first kappa shape index (κ1) is 19.1. The summed E-state index contributed by atoms with van der Waals surface area (Å²) in [5.74, 6) is -0.111. The van der Waals surface area contributed by atoms with Crippen LogP contribution < -0.4 is 11.1 Å². The van der Waals surface area contributed by atoms with Crippen molar-refractivity contribution in [1.82, 2.24) is 15.1 Å². The minimum Gasteiger partial charge on any atom is -0.355 e. The SMILES string of the molecule is CCCNC(=O)CN(C)C(=O)CN1CCC(N)CC1.Cl. The Kier molecular flexibility index (Phi) is 9.54. The van der Waals surface area contributed by atoms with Gasteiger partial charge in [0.05, 0.1) is 13.1 Å². The molecular formula is C13H27ClN4O2. The summed E-state index contributed by atoms with van der Waals surface area (Å²) in [6.45, 7) is 4.89. The number of likely N-dealkylation sites (N-methyl/N-ethyl adjacent to an activating group) is 1. The Bertz CT molecular complexity index is 307. The quantitative estimate of drug-likeness (QED) is 0.713. The molecule has 1 aliphatic heterocycles. The van der Waals surface area contributed by atoms with E-state index in [0.29, 0.717) is 13.1 Å². The summed E-state index contributed by atoms with van der Waals surface area (Å²) in [6, 6.07) is 0.268. The number of carbonyl (C=O) groups is 2. The lowest BCUT2D eigenvalue weighted by atomic mass is 10.1. The predicted molar refractivity (Wildman–Crippen MR) is 81.8 cm³/mol. The number of carbonyl (C=O) groups excluding carboxylic acids is 2. The number of rotatable bonds is 6. The second kappa shape index (κ2) is 9.96. The number of hydrogen-bond acceptors (Lipinski definition) is 4. The third kappa shape index (κ3) is 7.07. The molecule has 1 saturated heterocycles. The molecule has 0 aliphatic carbocycles. The zero-order chi connectivity index (χ0) is 14.3. The molecule has 0 radical (unpaired) electrons. The molecule has 1 heterocycles. The Balaban J connectivity index is 0.00000361. The van der Waals surface area contributed by atoms with Crippen LogP contribution in [0.2, 0.25) is 0 Å². The van der Waals surface area contributed by atoms with E-state index in [1.165, 1.54) is 4.90 Å². The van der Waals surface area contributed by atoms with Crippen LogP contribution in [-0.4, -0.2) is 67.4 Å². The van der Waals surface area contributed by atoms with Crippen molar-refractivity contribution in [2.75, 3.05) is 39.8 Å². The van der Waals surface area contributed by atoms with E-state index in [0.717, 1.165) is 32.4 Å². The number of likely N-dealkylation sites (tertiary alicyclic amines) is 1. The molecule has 0 saturated carbocycles. The Hall–Kier alpha value is -0.850. The number of amides is 2. The lowest BCUT2D eigenvalue weighted by Gasteiger charge is -2.30. The number of piperidine rings is 1. The smallest absolute Gasteiger partial charge is 0.239 e. The zero-order valence-electron chi connectivity index (χ0n) is 12.4. The van der Waals surface area contributed by atoms with Crippen LogP contribution in [0.4, 0.5) is 0 Å². The maximum atomic E-state index is 12.0. The van der Waals surface area contributed by atoms with Gasteiger partial charge in [0.2, 0.25) is 11.8 Å². The van der Waals surface area contributed by atoms with Gasteiger partial charge in [-0.15, -0.1) is 12.4 Å².